The van der Waals surface area contributed by atoms with Crippen LogP contribution in [-0.2, 0) is 6.42 Å². The van der Waals surface area contributed by atoms with E-state index in [9.17, 15) is 4.79 Å². The molecule has 0 spiro atoms. The number of amides is 1. The summed E-state index contributed by atoms with van der Waals surface area (Å²) in [5.74, 6) is 6.65. The number of pyridine rings is 1. The summed E-state index contributed by atoms with van der Waals surface area (Å²) in [5, 5.41) is 0. The van der Waals surface area contributed by atoms with E-state index in [1.54, 1.807) is 6.07 Å². The largest absolute Gasteiger partial charge is 0.336 e. The molecular weight excluding hydrogens is 252 g/mol. The lowest BCUT2D eigenvalue weighted by atomic mass is 10.1. The zero-order valence-electron chi connectivity index (χ0n) is 12.5. The van der Waals surface area contributed by atoms with Gasteiger partial charge in [-0.05, 0) is 37.8 Å². The molecule has 3 N–H and O–H groups in total. The fourth-order valence-corrected chi connectivity index (χ4v) is 2.92. The molecule has 0 bridgehead atoms. The van der Waals surface area contributed by atoms with E-state index in [0.717, 1.165) is 31.5 Å². The van der Waals surface area contributed by atoms with Gasteiger partial charge in [-0.15, -0.1) is 0 Å². The highest BCUT2D eigenvalue weighted by molar-refractivity contribution is 5.95. The summed E-state index contributed by atoms with van der Waals surface area (Å²) in [7, 11) is 0. The van der Waals surface area contributed by atoms with Crippen LogP contribution in [0.15, 0.2) is 12.1 Å². The Morgan fingerprint density at radius 1 is 1.50 bits per heavy atom. The predicted octanol–water partition coefficient (Wildman–Crippen LogP) is 2.19. The fraction of sp³-hybridized carbons (Fsp3) is 0.600. The van der Waals surface area contributed by atoms with E-state index in [1.807, 2.05) is 11.0 Å². The Kier molecular flexibility index (Phi) is 4.60. The standard InChI is InChI=1S/C15H24N4O/c1-4-5-13-7-12(8-14(17-13)18-16)15(20)19-9-10(2)6-11(19)3/h7-8,10-11H,4-6,9,16H2,1-3H3,(H,17,18). The first-order valence-corrected chi connectivity index (χ1v) is 7.33. The molecule has 1 aliphatic heterocycles. The van der Waals surface area contributed by atoms with Gasteiger partial charge in [-0.2, -0.15) is 0 Å². The average Bonchev–Trinajstić information content (AvgIpc) is 2.76. The third-order valence-electron chi connectivity index (χ3n) is 3.82. The van der Waals surface area contributed by atoms with Gasteiger partial charge in [-0.1, -0.05) is 20.3 Å². The number of carbonyl (C=O) groups excluding carboxylic acids is 1. The Labute approximate surface area is 120 Å². The van der Waals surface area contributed by atoms with Crippen LogP contribution in [0.1, 0.15) is 49.7 Å². The molecule has 0 radical (unpaired) electrons. The number of anilines is 1. The number of aromatic nitrogens is 1. The van der Waals surface area contributed by atoms with Gasteiger partial charge < -0.3 is 10.3 Å². The molecule has 5 heteroatoms. The van der Waals surface area contributed by atoms with Crippen molar-refractivity contribution in [3.05, 3.63) is 23.4 Å². The molecule has 5 nitrogen and oxygen atoms in total. The number of aryl methyl sites for hydroxylation is 1. The number of carbonyl (C=O) groups is 1. The highest BCUT2D eigenvalue weighted by Crippen LogP contribution is 2.25. The molecule has 2 heterocycles. The van der Waals surface area contributed by atoms with Crippen molar-refractivity contribution in [1.29, 1.82) is 0 Å². The maximum absolute atomic E-state index is 12.7. The second-order valence-corrected chi connectivity index (χ2v) is 5.77. The van der Waals surface area contributed by atoms with Crippen LogP contribution in [0.5, 0.6) is 0 Å². The van der Waals surface area contributed by atoms with Gasteiger partial charge in [0.1, 0.15) is 5.82 Å². The predicted molar refractivity (Wildman–Crippen MR) is 80.3 cm³/mol. The number of hydrogen-bond donors (Lipinski definition) is 2. The van der Waals surface area contributed by atoms with Gasteiger partial charge >= 0.3 is 0 Å². The Hall–Kier alpha value is -1.62. The molecule has 1 fully saturated rings. The van der Waals surface area contributed by atoms with E-state index in [4.69, 9.17) is 5.84 Å². The first-order chi connectivity index (χ1) is 9.55. The number of hydrazine groups is 1. The van der Waals surface area contributed by atoms with Crippen molar-refractivity contribution < 1.29 is 4.79 Å². The van der Waals surface area contributed by atoms with Crippen molar-refractivity contribution in [2.75, 3.05) is 12.0 Å². The normalized spacial score (nSPS) is 22.1. The average molecular weight is 276 g/mol. The SMILES string of the molecule is CCCc1cc(C(=O)N2CC(C)CC2C)cc(NN)n1. The number of nitrogens with one attached hydrogen (secondary N) is 1. The fourth-order valence-electron chi connectivity index (χ4n) is 2.92. The summed E-state index contributed by atoms with van der Waals surface area (Å²) in [6.07, 6.45) is 2.91. The summed E-state index contributed by atoms with van der Waals surface area (Å²) < 4.78 is 0. The molecule has 1 aromatic heterocycles. The Balaban J connectivity index is 2.26. The second-order valence-electron chi connectivity index (χ2n) is 5.77. The van der Waals surface area contributed by atoms with Crippen LogP contribution in [-0.4, -0.2) is 28.4 Å². The molecule has 0 saturated carbocycles. The van der Waals surface area contributed by atoms with Crippen LogP contribution in [0.25, 0.3) is 0 Å². The topological polar surface area (TPSA) is 71.2 Å². The van der Waals surface area contributed by atoms with Gasteiger partial charge in [0, 0.05) is 23.8 Å². The molecule has 110 valence electrons. The van der Waals surface area contributed by atoms with Gasteiger partial charge in [-0.25, -0.2) is 10.8 Å². The minimum Gasteiger partial charge on any atom is -0.336 e. The van der Waals surface area contributed by atoms with Crippen LogP contribution in [0.3, 0.4) is 0 Å². The highest BCUT2D eigenvalue weighted by Gasteiger charge is 2.30. The van der Waals surface area contributed by atoms with Crippen LogP contribution in [0.2, 0.25) is 0 Å². The number of rotatable bonds is 4. The zero-order valence-corrected chi connectivity index (χ0v) is 12.5. The zero-order chi connectivity index (χ0) is 14.7. The number of likely N-dealkylation sites (tertiary alicyclic amines) is 1. The minimum absolute atomic E-state index is 0.0816. The van der Waals surface area contributed by atoms with E-state index in [-0.39, 0.29) is 5.91 Å². The molecule has 20 heavy (non-hydrogen) atoms. The second kappa shape index (κ2) is 6.22. The summed E-state index contributed by atoms with van der Waals surface area (Å²) in [5.41, 5.74) is 4.14. The van der Waals surface area contributed by atoms with E-state index in [2.05, 4.69) is 31.2 Å². The maximum Gasteiger partial charge on any atom is 0.254 e. The number of nitrogen functional groups attached to an aromatic ring is 1. The van der Waals surface area contributed by atoms with Gasteiger partial charge in [0.05, 0.1) is 0 Å². The molecule has 0 aromatic carbocycles. The number of nitrogens with two attached hydrogens (primary N) is 1. The minimum atomic E-state index is 0.0816. The molecule has 2 atom stereocenters. The van der Waals surface area contributed by atoms with E-state index >= 15 is 0 Å². The first-order valence-electron chi connectivity index (χ1n) is 7.33. The van der Waals surface area contributed by atoms with Crippen molar-refractivity contribution in [3.8, 4) is 0 Å². The van der Waals surface area contributed by atoms with Crippen molar-refractivity contribution in [1.82, 2.24) is 9.88 Å². The lowest BCUT2D eigenvalue weighted by Gasteiger charge is -2.22. The number of nitrogens with zero attached hydrogens (tertiary/aromatic N) is 2. The Morgan fingerprint density at radius 3 is 2.80 bits per heavy atom. The van der Waals surface area contributed by atoms with Crippen LogP contribution in [0.4, 0.5) is 5.82 Å². The van der Waals surface area contributed by atoms with Crippen molar-refractivity contribution in [2.45, 2.75) is 46.1 Å². The van der Waals surface area contributed by atoms with Gasteiger partial charge in [-0.3, -0.25) is 4.79 Å². The summed E-state index contributed by atoms with van der Waals surface area (Å²) in [6, 6.07) is 3.93. The Bertz CT molecular complexity index is 489. The Morgan fingerprint density at radius 2 is 2.25 bits per heavy atom. The van der Waals surface area contributed by atoms with Crippen LogP contribution >= 0.6 is 0 Å². The van der Waals surface area contributed by atoms with Gasteiger partial charge in [0.15, 0.2) is 0 Å². The lowest BCUT2D eigenvalue weighted by molar-refractivity contribution is 0.0743. The van der Waals surface area contributed by atoms with Crippen molar-refractivity contribution in [3.63, 3.8) is 0 Å². The summed E-state index contributed by atoms with van der Waals surface area (Å²) in [6.45, 7) is 7.22. The third kappa shape index (κ3) is 3.10. The molecule has 2 unspecified atom stereocenters. The van der Waals surface area contributed by atoms with E-state index < -0.39 is 0 Å². The van der Waals surface area contributed by atoms with Crippen molar-refractivity contribution in [2.24, 2.45) is 11.8 Å². The molecule has 1 aliphatic rings. The first kappa shape index (κ1) is 14.8. The van der Waals surface area contributed by atoms with Gasteiger partial charge in [0.2, 0.25) is 0 Å². The van der Waals surface area contributed by atoms with E-state index in [0.29, 0.717) is 23.3 Å². The molecule has 0 aliphatic carbocycles. The third-order valence-corrected chi connectivity index (χ3v) is 3.82. The molecule has 2 rings (SSSR count). The molecular formula is C15H24N4O. The molecule has 1 saturated heterocycles. The van der Waals surface area contributed by atoms with Crippen LogP contribution in [0, 0.1) is 5.92 Å². The van der Waals surface area contributed by atoms with E-state index in [1.165, 1.54) is 0 Å². The summed E-state index contributed by atoms with van der Waals surface area (Å²) in [4.78, 5) is 19.0. The smallest absolute Gasteiger partial charge is 0.254 e. The molecule has 1 amide bonds. The van der Waals surface area contributed by atoms with Crippen molar-refractivity contribution >= 4 is 11.7 Å². The number of hydrogen-bond acceptors (Lipinski definition) is 4. The summed E-state index contributed by atoms with van der Waals surface area (Å²) >= 11 is 0. The maximum atomic E-state index is 12.7. The monoisotopic (exact) mass is 276 g/mol. The molecule has 1 aromatic rings. The van der Waals surface area contributed by atoms with Gasteiger partial charge in [0.25, 0.3) is 5.91 Å². The quantitative estimate of drug-likeness (QED) is 0.653. The van der Waals surface area contributed by atoms with Crippen LogP contribution < -0.4 is 11.3 Å². The highest BCUT2D eigenvalue weighted by atomic mass is 16.2. The lowest BCUT2D eigenvalue weighted by Crippen LogP contribution is -2.34.